The second kappa shape index (κ2) is 8.10. The van der Waals surface area contributed by atoms with Gasteiger partial charge in [0.2, 0.25) is 0 Å². The topological polar surface area (TPSA) is 49.3 Å². The van der Waals surface area contributed by atoms with Gasteiger partial charge in [0.25, 0.3) is 5.91 Å². The predicted octanol–water partition coefficient (Wildman–Crippen LogP) is 2.00. The lowest BCUT2D eigenvalue weighted by Gasteiger charge is -2.31. The van der Waals surface area contributed by atoms with Gasteiger partial charge in [0.05, 0.1) is 11.7 Å². The molecule has 7 heteroatoms. The summed E-state index contributed by atoms with van der Waals surface area (Å²) in [5.74, 6) is 2.28. The Balaban J connectivity index is 2.18. The number of rotatable bonds is 5. The van der Waals surface area contributed by atoms with Crippen LogP contribution in [0.15, 0.2) is 0 Å². The lowest BCUT2D eigenvalue weighted by Crippen LogP contribution is -2.46. The number of aryl methyl sites for hydroxylation is 1. The zero-order valence-electron chi connectivity index (χ0n) is 13.0. The summed E-state index contributed by atoms with van der Waals surface area (Å²) in [7, 11) is 4.13. The molecule has 0 spiro atoms. The Hall–Kier alpha value is -0.660. The fourth-order valence-corrected chi connectivity index (χ4v) is 4.29. The summed E-state index contributed by atoms with van der Waals surface area (Å²) < 4.78 is 3.99. The summed E-state index contributed by atoms with van der Waals surface area (Å²) in [6, 6.07) is 0.275. The van der Waals surface area contributed by atoms with Crippen molar-refractivity contribution >= 4 is 29.2 Å². The normalized spacial score (nSPS) is 19.8. The molecule has 2 heterocycles. The second-order valence-corrected chi connectivity index (χ2v) is 7.55. The lowest BCUT2D eigenvalue weighted by molar-refractivity contribution is 0.0679. The summed E-state index contributed by atoms with van der Waals surface area (Å²) in [4.78, 5) is 17.9. The van der Waals surface area contributed by atoms with Crippen molar-refractivity contribution in [3.8, 4) is 0 Å². The molecular weight excluding hydrogens is 304 g/mol. The SMILES string of the molecule is CCCc1nnsc1C(=O)N1CCCSC[C@H]1CN(C)C. The third-order valence-electron chi connectivity index (χ3n) is 3.51. The van der Waals surface area contributed by atoms with Crippen LogP contribution in [0.1, 0.15) is 35.1 Å². The predicted molar refractivity (Wildman–Crippen MR) is 89.2 cm³/mol. The molecular formula is C14H24N4OS2. The minimum absolute atomic E-state index is 0.128. The molecule has 1 saturated heterocycles. The first kappa shape index (κ1) is 16.7. The van der Waals surface area contributed by atoms with Crippen LogP contribution in [0.5, 0.6) is 0 Å². The molecule has 1 aromatic rings. The van der Waals surface area contributed by atoms with E-state index in [1.807, 2.05) is 16.7 Å². The minimum atomic E-state index is 0.128. The molecule has 118 valence electrons. The average Bonchev–Trinajstić information content (AvgIpc) is 2.77. The first-order valence-electron chi connectivity index (χ1n) is 7.48. The summed E-state index contributed by atoms with van der Waals surface area (Å²) in [6.07, 6.45) is 2.89. The minimum Gasteiger partial charge on any atom is -0.333 e. The molecule has 2 rings (SSSR count). The Morgan fingerprint density at radius 1 is 1.48 bits per heavy atom. The Morgan fingerprint density at radius 2 is 2.29 bits per heavy atom. The van der Waals surface area contributed by atoms with E-state index >= 15 is 0 Å². The molecule has 1 aliphatic heterocycles. The van der Waals surface area contributed by atoms with Gasteiger partial charge in [0.1, 0.15) is 4.88 Å². The number of hydrogen-bond acceptors (Lipinski definition) is 6. The number of carbonyl (C=O) groups is 1. The molecule has 1 atom stereocenters. The van der Waals surface area contributed by atoms with Crippen molar-refractivity contribution < 1.29 is 4.79 Å². The smallest absolute Gasteiger partial charge is 0.267 e. The highest BCUT2D eigenvalue weighted by molar-refractivity contribution is 7.99. The Bertz CT molecular complexity index is 464. The molecule has 0 aromatic carbocycles. The number of aromatic nitrogens is 2. The molecule has 0 radical (unpaired) electrons. The molecule has 0 aliphatic carbocycles. The van der Waals surface area contributed by atoms with Crippen LogP contribution in [-0.4, -0.2) is 70.0 Å². The van der Waals surface area contributed by atoms with Crippen molar-refractivity contribution in [3.05, 3.63) is 10.6 Å². The number of amides is 1. The maximum Gasteiger partial charge on any atom is 0.267 e. The van der Waals surface area contributed by atoms with E-state index in [0.717, 1.165) is 54.4 Å². The summed E-state index contributed by atoms with van der Waals surface area (Å²) >= 11 is 3.20. The van der Waals surface area contributed by atoms with Gasteiger partial charge in [-0.05, 0) is 44.2 Å². The van der Waals surface area contributed by atoms with Gasteiger partial charge in [0, 0.05) is 18.8 Å². The van der Waals surface area contributed by atoms with E-state index in [2.05, 4.69) is 35.5 Å². The number of hydrogen-bond donors (Lipinski definition) is 0. The summed E-state index contributed by atoms with van der Waals surface area (Å²) in [5.41, 5.74) is 0.869. The van der Waals surface area contributed by atoms with Gasteiger partial charge in [-0.2, -0.15) is 11.8 Å². The molecule has 0 bridgehead atoms. The summed E-state index contributed by atoms with van der Waals surface area (Å²) in [6.45, 7) is 3.85. The van der Waals surface area contributed by atoms with Crippen LogP contribution in [-0.2, 0) is 6.42 Å². The zero-order chi connectivity index (χ0) is 15.2. The maximum absolute atomic E-state index is 12.9. The van der Waals surface area contributed by atoms with Gasteiger partial charge in [0.15, 0.2) is 0 Å². The third-order valence-corrected chi connectivity index (χ3v) is 5.47. The fraction of sp³-hybridized carbons (Fsp3) is 0.786. The highest BCUT2D eigenvalue weighted by Crippen LogP contribution is 2.22. The van der Waals surface area contributed by atoms with Gasteiger partial charge in [-0.25, -0.2) is 0 Å². The van der Waals surface area contributed by atoms with Crippen molar-refractivity contribution in [1.29, 1.82) is 0 Å². The quantitative estimate of drug-likeness (QED) is 0.827. The van der Waals surface area contributed by atoms with Crippen LogP contribution in [0, 0.1) is 0 Å². The average molecular weight is 329 g/mol. The molecule has 21 heavy (non-hydrogen) atoms. The van der Waals surface area contributed by atoms with Crippen LogP contribution in [0.25, 0.3) is 0 Å². The monoisotopic (exact) mass is 328 g/mol. The van der Waals surface area contributed by atoms with E-state index in [-0.39, 0.29) is 11.9 Å². The van der Waals surface area contributed by atoms with E-state index in [9.17, 15) is 4.79 Å². The zero-order valence-corrected chi connectivity index (χ0v) is 14.7. The van der Waals surface area contributed by atoms with Crippen molar-refractivity contribution in [2.75, 3.05) is 38.7 Å². The van der Waals surface area contributed by atoms with E-state index < -0.39 is 0 Å². The van der Waals surface area contributed by atoms with Crippen molar-refractivity contribution in [2.24, 2.45) is 0 Å². The molecule has 0 unspecified atom stereocenters. The van der Waals surface area contributed by atoms with Gasteiger partial charge in [-0.15, -0.1) is 5.10 Å². The highest BCUT2D eigenvalue weighted by Gasteiger charge is 2.29. The number of carbonyl (C=O) groups excluding carboxylic acids is 1. The number of likely N-dealkylation sites (N-methyl/N-ethyl adjacent to an activating group) is 1. The first-order chi connectivity index (χ1) is 10.1. The molecule has 5 nitrogen and oxygen atoms in total. The van der Waals surface area contributed by atoms with Gasteiger partial charge >= 0.3 is 0 Å². The van der Waals surface area contributed by atoms with Crippen molar-refractivity contribution in [2.45, 2.75) is 32.2 Å². The van der Waals surface area contributed by atoms with Gasteiger partial charge < -0.3 is 9.80 Å². The second-order valence-electron chi connectivity index (χ2n) is 5.64. The van der Waals surface area contributed by atoms with Crippen molar-refractivity contribution in [1.82, 2.24) is 19.4 Å². The van der Waals surface area contributed by atoms with E-state index in [4.69, 9.17) is 0 Å². The van der Waals surface area contributed by atoms with Crippen LogP contribution in [0.4, 0.5) is 0 Å². The van der Waals surface area contributed by atoms with Crippen LogP contribution >= 0.6 is 23.3 Å². The fourth-order valence-electron chi connectivity index (χ4n) is 2.57. The molecule has 1 fully saturated rings. The van der Waals surface area contributed by atoms with Crippen LogP contribution < -0.4 is 0 Å². The highest BCUT2D eigenvalue weighted by atomic mass is 32.2. The Kier molecular flexibility index (Phi) is 6.44. The molecule has 0 saturated carbocycles. The Morgan fingerprint density at radius 3 is 3.00 bits per heavy atom. The number of nitrogens with zero attached hydrogens (tertiary/aromatic N) is 4. The Labute approximate surface area is 135 Å². The maximum atomic E-state index is 12.9. The van der Waals surface area contributed by atoms with Crippen LogP contribution in [0.2, 0.25) is 0 Å². The molecule has 1 aromatic heterocycles. The molecule has 0 N–H and O–H groups in total. The van der Waals surface area contributed by atoms with Crippen LogP contribution in [0.3, 0.4) is 0 Å². The number of thioether (sulfide) groups is 1. The van der Waals surface area contributed by atoms with E-state index in [1.54, 1.807) is 0 Å². The van der Waals surface area contributed by atoms with Crippen molar-refractivity contribution in [3.63, 3.8) is 0 Å². The third kappa shape index (κ3) is 4.40. The van der Waals surface area contributed by atoms with E-state index in [0.29, 0.717) is 0 Å². The summed E-state index contributed by atoms with van der Waals surface area (Å²) in [5, 5.41) is 4.14. The van der Waals surface area contributed by atoms with Gasteiger partial charge in [-0.3, -0.25) is 4.79 Å². The lowest BCUT2D eigenvalue weighted by atomic mass is 10.2. The van der Waals surface area contributed by atoms with E-state index in [1.165, 1.54) is 11.5 Å². The molecule has 1 amide bonds. The van der Waals surface area contributed by atoms with Gasteiger partial charge in [-0.1, -0.05) is 17.8 Å². The first-order valence-corrected chi connectivity index (χ1v) is 9.41. The largest absolute Gasteiger partial charge is 0.333 e. The standard InChI is InChI=1S/C14H24N4OS2/c1-4-6-12-13(21-16-15-12)14(19)18-7-5-8-20-10-11(18)9-17(2)3/h11H,4-10H2,1-3H3/t11-/m1/s1. The molecule has 1 aliphatic rings.